The van der Waals surface area contributed by atoms with Gasteiger partial charge in [0.15, 0.2) is 23.7 Å². The van der Waals surface area contributed by atoms with Gasteiger partial charge < -0.3 is 39.0 Å². The third kappa shape index (κ3) is 4.49. The van der Waals surface area contributed by atoms with Crippen molar-refractivity contribution in [3.63, 3.8) is 0 Å². The lowest BCUT2D eigenvalue weighted by atomic mass is 9.50. The second-order valence-corrected chi connectivity index (χ2v) is 12.0. The van der Waals surface area contributed by atoms with Gasteiger partial charge in [0, 0.05) is 24.6 Å². The maximum absolute atomic E-state index is 13.1. The van der Waals surface area contributed by atoms with Gasteiger partial charge >= 0.3 is 18.0 Å². The molecule has 4 aliphatic rings. The predicted molar refractivity (Wildman–Crippen MR) is 142 cm³/mol. The molecule has 218 valence electrons. The van der Waals surface area contributed by atoms with E-state index in [1.54, 1.807) is 34.0 Å². The van der Waals surface area contributed by atoms with Crippen LogP contribution in [0.15, 0.2) is 24.0 Å². The van der Waals surface area contributed by atoms with Crippen LogP contribution in [0, 0.1) is 0 Å². The number of piperidine rings is 1. The molecule has 40 heavy (non-hydrogen) atoms. The summed E-state index contributed by atoms with van der Waals surface area (Å²) in [6.45, 7) is 7.38. The Balaban J connectivity index is 1.29. The highest BCUT2D eigenvalue weighted by atomic mass is 16.6. The van der Waals surface area contributed by atoms with Crippen molar-refractivity contribution >= 4 is 18.0 Å². The zero-order chi connectivity index (χ0) is 29.0. The minimum atomic E-state index is -1.20. The first-order chi connectivity index (χ1) is 18.8. The molecule has 11 heteroatoms. The molecule has 2 heterocycles. The number of methoxy groups -OCH3 is 1. The fourth-order valence-corrected chi connectivity index (χ4v) is 6.67. The van der Waals surface area contributed by atoms with E-state index in [0.717, 1.165) is 17.7 Å². The zero-order valence-electron chi connectivity index (χ0n) is 23.9. The second kappa shape index (κ2) is 9.95. The van der Waals surface area contributed by atoms with Crippen LogP contribution >= 0.6 is 0 Å². The van der Waals surface area contributed by atoms with Crippen molar-refractivity contribution in [2.24, 2.45) is 0 Å². The summed E-state index contributed by atoms with van der Waals surface area (Å²) in [6, 6.07) is 3.78. The number of carbonyl (C=O) groups is 3. The number of alkyl carbamates (subject to hydrolysis) is 1. The van der Waals surface area contributed by atoms with E-state index in [2.05, 4.69) is 10.2 Å². The van der Waals surface area contributed by atoms with Crippen LogP contribution in [-0.4, -0.2) is 84.7 Å². The van der Waals surface area contributed by atoms with Crippen LogP contribution in [-0.2, 0) is 35.6 Å². The predicted octanol–water partition coefficient (Wildman–Crippen LogP) is 2.36. The van der Waals surface area contributed by atoms with E-state index in [0.29, 0.717) is 30.1 Å². The van der Waals surface area contributed by atoms with Crippen LogP contribution in [0.5, 0.6) is 11.5 Å². The summed E-state index contributed by atoms with van der Waals surface area (Å²) in [6.07, 6.45) is 0.562. The Morgan fingerprint density at radius 2 is 2.02 bits per heavy atom. The molecule has 5 rings (SSSR count). The minimum Gasteiger partial charge on any atom is -0.493 e. The number of carbonyl (C=O) groups excluding carboxylic acids is 3. The number of ether oxygens (including phenoxy) is 5. The minimum absolute atomic E-state index is 0.00424. The van der Waals surface area contributed by atoms with Crippen LogP contribution in [0.25, 0.3) is 0 Å². The Labute approximate surface area is 233 Å². The summed E-state index contributed by atoms with van der Waals surface area (Å²) in [4.78, 5) is 39.3. The summed E-state index contributed by atoms with van der Waals surface area (Å²) >= 11 is 0. The lowest BCUT2D eigenvalue weighted by Crippen LogP contribution is -2.74. The van der Waals surface area contributed by atoms with E-state index in [-0.39, 0.29) is 25.4 Å². The van der Waals surface area contributed by atoms with E-state index in [4.69, 9.17) is 23.7 Å². The molecule has 2 bridgehead atoms. The molecule has 2 aliphatic carbocycles. The number of aliphatic hydroxyl groups is 1. The number of likely N-dealkylation sites (tertiary alicyclic amines) is 1. The molecule has 0 radical (unpaired) electrons. The Hall–Kier alpha value is -3.31. The van der Waals surface area contributed by atoms with E-state index >= 15 is 0 Å². The third-order valence-corrected chi connectivity index (χ3v) is 8.41. The van der Waals surface area contributed by atoms with Gasteiger partial charge in [0.05, 0.1) is 24.5 Å². The first kappa shape index (κ1) is 28.2. The Kier molecular flexibility index (Phi) is 7.02. The van der Waals surface area contributed by atoms with Crippen molar-refractivity contribution in [3.05, 3.63) is 35.1 Å². The topological polar surface area (TPSA) is 133 Å². The summed E-state index contributed by atoms with van der Waals surface area (Å²) in [5.41, 5.74) is -0.560. The molecule has 5 atom stereocenters. The molecule has 1 amide bonds. The number of nitrogens with one attached hydrogen (secondary N) is 1. The number of hydrogen-bond donors (Lipinski definition) is 2. The van der Waals surface area contributed by atoms with Crippen molar-refractivity contribution in [3.8, 4) is 11.5 Å². The molecule has 1 aromatic rings. The average molecular weight is 559 g/mol. The van der Waals surface area contributed by atoms with E-state index in [9.17, 15) is 19.5 Å². The molecule has 5 unspecified atom stereocenters. The molecule has 11 nitrogen and oxygen atoms in total. The number of likely N-dealkylation sites (N-methyl/N-ethyl adjacent to an activating group) is 1. The SMILES string of the molecule is COc1ccc2c3c1OC1C(OC(=O)C(C)OC(=O)CCNC(=O)OC(C)(C)C)=CCC4(O)C(C2)N(C)CCC314. The van der Waals surface area contributed by atoms with E-state index in [1.807, 2.05) is 19.2 Å². The van der Waals surface area contributed by atoms with Gasteiger partial charge in [-0.1, -0.05) is 6.07 Å². The van der Waals surface area contributed by atoms with Gasteiger partial charge in [-0.2, -0.15) is 0 Å². The molecular weight excluding hydrogens is 520 g/mol. The summed E-state index contributed by atoms with van der Waals surface area (Å²) in [7, 11) is 3.59. The fourth-order valence-electron chi connectivity index (χ4n) is 6.67. The number of benzene rings is 1. The first-order valence-corrected chi connectivity index (χ1v) is 13.7. The average Bonchev–Trinajstić information content (AvgIpc) is 3.22. The van der Waals surface area contributed by atoms with E-state index < -0.39 is 46.9 Å². The lowest BCUT2D eigenvalue weighted by Gasteiger charge is -2.61. The van der Waals surface area contributed by atoms with Gasteiger partial charge in [-0.05, 0) is 71.8 Å². The van der Waals surface area contributed by atoms with Crippen LogP contribution in [0.2, 0.25) is 0 Å². The van der Waals surface area contributed by atoms with Crippen molar-refractivity contribution in [1.29, 1.82) is 0 Å². The molecule has 1 aromatic carbocycles. The first-order valence-electron chi connectivity index (χ1n) is 13.7. The summed E-state index contributed by atoms with van der Waals surface area (Å²) < 4.78 is 28.3. The number of hydrogen-bond acceptors (Lipinski definition) is 10. The highest BCUT2D eigenvalue weighted by Gasteiger charge is 2.72. The van der Waals surface area contributed by atoms with Crippen LogP contribution in [0.3, 0.4) is 0 Å². The van der Waals surface area contributed by atoms with Gasteiger partial charge in [-0.3, -0.25) is 4.79 Å². The van der Waals surface area contributed by atoms with Crippen LogP contribution in [0.1, 0.15) is 58.1 Å². The molecule has 2 N–H and O–H groups in total. The fraction of sp³-hybridized carbons (Fsp3) is 0.621. The second-order valence-electron chi connectivity index (χ2n) is 12.0. The molecule has 1 fully saturated rings. The van der Waals surface area contributed by atoms with Crippen LogP contribution in [0.4, 0.5) is 4.79 Å². The number of rotatable bonds is 7. The Morgan fingerprint density at radius 3 is 2.73 bits per heavy atom. The van der Waals surface area contributed by atoms with Crippen molar-refractivity contribution in [1.82, 2.24) is 10.2 Å². The van der Waals surface area contributed by atoms with Crippen LogP contribution < -0.4 is 14.8 Å². The Bertz CT molecular complexity index is 1250. The van der Waals surface area contributed by atoms with E-state index in [1.165, 1.54) is 6.92 Å². The van der Waals surface area contributed by atoms with Crippen molar-refractivity contribution in [2.75, 3.05) is 27.2 Å². The van der Waals surface area contributed by atoms with Crippen molar-refractivity contribution in [2.45, 2.75) is 88.2 Å². The van der Waals surface area contributed by atoms with Gasteiger partial charge in [0.25, 0.3) is 0 Å². The highest BCUT2D eigenvalue weighted by Crippen LogP contribution is 2.65. The third-order valence-electron chi connectivity index (χ3n) is 8.41. The van der Waals surface area contributed by atoms with Gasteiger partial charge in [0.2, 0.25) is 0 Å². The van der Waals surface area contributed by atoms with Crippen molar-refractivity contribution < 1.29 is 43.2 Å². The number of amides is 1. The normalized spacial score (nSPS) is 28.8. The smallest absolute Gasteiger partial charge is 0.407 e. The zero-order valence-corrected chi connectivity index (χ0v) is 23.9. The molecule has 0 saturated carbocycles. The molecular formula is C29H38N2O9. The monoisotopic (exact) mass is 558 g/mol. The number of esters is 2. The molecule has 2 aliphatic heterocycles. The van der Waals surface area contributed by atoms with Gasteiger partial charge in [-0.15, -0.1) is 0 Å². The number of nitrogens with zero attached hydrogens (tertiary/aromatic N) is 1. The molecule has 1 spiro atoms. The maximum atomic E-state index is 13.1. The standard InChI is InChI=1S/C29H38N2O9/c1-16(37-21(32)10-13-30-26(34)40-27(2,3)4)25(33)38-19-9-11-29(35)20-15-17-7-8-18(36-6)23-22(17)28(29,24(19)39-23)12-14-31(20)5/h7-9,16,20,24,35H,10-15H2,1-6H3,(H,30,34). The largest absolute Gasteiger partial charge is 0.493 e. The maximum Gasteiger partial charge on any atom is 0.407 e. The summed E-state index contributed by atoms with van der Waals surface area (Å²) in [5, 5.41) is 14.7. The van der Waals surface area contributed by atoms with Gasteiger partial charge in [-0.25, -0.2) is 9.59 Å². The van der Waals surface area contributed by atoms with Gasteiger partial charge in [0.1, 0.15) is 11.4 Å². The quantitative estimate of drug-likeness (QED) is 0.380. The summed E-state index contributed by atoms with van der Waals surface area (Å²) in [5.74, 6) is 0.00467. The molecule has 1 saturated heterocycles. The highest BCUT2D eigenvalue weighted by molar-refractivity contribution is 5.80. The lowest BCUT2D eigenvalue weighted by molar-refractivity contribution is -0.175. The Morgan fingerprint density at radius 1 is 1.27 bits per heavy atom. The molecule has 0 aromatic heterocycles.